The molecule has 2 rings (SSSR count). The summed E-state index contributed by atoms with van der Waals surface area (Å²) in [6, 6.07) is 0.334. The standard InChI is InChI=1S/C17H29N3/c1-4-10-18-16(17-19-11-13(3)12-20-17)15-9-7-6-8-14(15)5-2/h11-12,14-16,18H,4-10H2,1-3H3. The van der Waals surface area contributed by atoms with Gasteiger partial charge in [0.05, 0.1) is 6.04 Å². The minimum absolute atomic E-state index is 0.334. The van der Waals surface area contributed by atoms with E-state index in [4.69, 9.17) is 0 Å². The average molecular weight is 275 g/mol. The Kier molecular flexibility index (Phi) is 5.96. The number of hydrogen-bond donors (Lipinski definition) is 1. The molecule has 112 valence electrons. The van der Waals surface area contributed by atoms with Gasteiger partial charge in [0.1, 0.15) is 5.82 Å². The fraction of sp³-hybridized carbons (Fsp3) is 0.765. The lowest BCUT2D eigenvalue weighted by Crippen LogP contribution is -2.36. The molecule has 1 N–H and O–H groups in total. The van der Waals surface area contributed by atoms with Gasteiger partial charge < -0.3 is 5.32 Å². The van der Waals surface area contributed by atoms with Gasteiger partial charge in [-0.25, -0.2) is 9.97 Å². The lowest BCUT2D eigenvalue weighted by Gasteiger charge is -2.36. The van der Waals surface area contributed by atoms with Crippen molar-refractivity contribution in [2.24, 2.45) is 11.8 Å². The summed E-state index contributed by atoms with van der Waals surface area (Å²) in [5, 5.41) is 3.71. The molecule has 1 fully saturated rings. The van der Waals surface area contributed by atoms with Gasteiger partial charge in [-0.05, 0) is 43.7 Å². The second kappa shape index (κ2) is 7.72. The molecule has 1 aromatic heterocycles. The molecule has 20 heavy (non-hydrogen) atoms. The van der Waals surface area contributed by atoms with Crippen LogP contribution in [0.2, 0.25) is 0 Å². The van der Waals surface area contributed by atoms with Gasteiger partial charge in [0.2, 0.25) is 0 Å². The Morgan fingerprint density at radius 1 is 1.20 bits per heavy atom. The van der Waals surface area contributed by atoms with Gasteiger partial charge >= 0.3 is 0 Å². The third-order valence-electron chi connectivity index (χ3n) is 4.61. The van der Waals surface area contributed by atoms with Crippen molar-refractivity contribution in [1.82, 2.24) is 15.3 Å². The molecule has 0 radical (unpaired) electrons. The molecule has 0 aliphatic heterocycles. The molecule has 1 heterocycles. The summed E-state index contributed by atoms with van der Waals surface area (Å²) in [4.78, 5) is 9.20. The first-order valence-electron chi connectivity index (χ1n) is 8.28. The second-order valence-electron chi connectivity index (χ2n) is 6.17. The van der Waals surface area contributed by atoms with E-state index in [-0.39, 0.29) is 0 Å². The molecule has 1 aliphatic rings. The van der Waals surface area contributed by atoms with Gasteiger partial charge in [-0.1, -0.05) is 39.5 Å². The molecule has 0 bridgehead atoms. The fourth-order valence-corrected chi connectivity index (χ4v) is 3.48. The van der Waals surface area contributed by atoms with Crippen LogP contribution in [-0.2, 0) is 0 Å². The van der Waals surface area contributed by atoms with Crippen LogP contribution in [0.15, 0.2) is 12.4 Å². The van der Waals surface area contributed by atoms with Crippen LogP contribution in [0.5, 0.6) is 0 Å². The first-order valence-corrected chi connectivity index (χ1v) is 8.28. The van der Waals surface area contributed by atoms with E-state index in [2.05, 4.69) is 29.1 Å². The molecule has 1 aromatic rings. The summed E-state index contributed by atoms with van der Waals surface area (Å²) < 4.78 is 0. The molecule has 0 amide bonds. The van der Waals surface area contributed by atoms with E-state index >= 15 is 0 Å². The average Bonchev–Trinajstić information content (AvgIpc) is 2.50. The van der Waals surface area contributed by atoms with E-state index in [0.29, 0.717) is 12.0 Å². The van der Waals surface area contributed by atoms with Gasteiger partial charge in [0.25, 0.3) is 0 Å². The van der Waals surface area contributed by atoms with Crippen molar-refractivity contribution in [3.05, 3.63) is 23.8 Å². The minimum Gasteiger partial charge on any atom is -0.307 e. The topological polar surface area (TPSA) is 37.8 Å². The molecular weight excluding hydrogens is 246 g/mol. The van der Waals surface area contributed by atoms with Crippen LogP contribution in [-0.4, -0.2) is 16.5 Å². The second-order valence-corrected chi connectivity index (χ2v) is 6.17. The summed E-state index contributed by atoms with van der Waals surface area (Å²) in [6.07, 6.45) is 11.8. The normalized spacial score (nSPS) is 24.6. The van der Waals surface area contributed by atoms with Crippen molar-refractivity contribution in [3.8, 4) is 0 Å². The number of hydrogen-bond acceptors (Lipinski definition) is 3. The number of nitrogens with one attached hydrogen (secondary N) is 1. The molecule has 3 nitrogen and oxygen atoms in total. The van der Waals surface area contributed by atoms with Crippen molar-refractivity contribution in [2.75, 3.05) is 6.54 Å². The van der Waals surface area contributed by atoms with Crippen LogP contribution in [0.3, 0.4) is 0 Å². The van der Waals surface area contributed by atoms with Gasteiger partial charge in [-0.2, -0.15) is 0 Å². The van der Waals surface area contributed by atoms with Crippen molar-refractivity contribution >= 4 is 0 Å². The Morgan fingerprint density at radius 3 is 2.55 bits per heavy atom. The molecule has 0 spiro atoms. The van der Waals surface area contributed by atoms with E-state index in [1.807, 2.05) is 19.3 Å². The Labute approximate surface area is 123 Å². The monoisotopic (exact) mass is 275 g/mol. The minimum atomic E-state index is 0.334. The van der Waals surface area contributed by atoms with Crippen LogP contribution in [0.4, 0.5) is 0 Å². The Balaban J connectivity index is 2.18. The predicted octanol–water partition coefficient (Wildman–Crippen LogP) is 4.04. The van der Waals surface area contributed by atoms with E-state index in [9.17, 15) is 0 Å². The van der Waals surface area contributed by atoms with Crippen molar-refractivity contribution in [1.29, 1.82) is 0 Å². The van der Waals surface area contributed by atoms with Gasteiger partial charge in [0.15, 0.2) is 0 Å². The zero-order valence-corrected chi connectivity index (χ0v) is 13.2. The summed E-state index contributed by atoms with van der Waals surface area (Å²) in [6.45, 7) is 7.65. The van der Waals surface area contributed by atoms with E-state index in [1.54, 1.807) is 0 Å². The van der Waals surface area contributed by atoms with Gasteiger partial charge in [-0.3, -0.25) is 0 Å². The largest absolute Gasteiger partial charge is 0.307 e. The quantitative estimate of drug-likeness (QED) is 0.851. The van der Waals surface area contributed by atoms with Crippen LogP contribution in [0.1, 0.15) is 69.8 Å². The third-order valence-corrected chi connectivity index (χ3v) is 4.61. The number of rotatable bonds is 6. The number of aromatic nitrogens is 2. The summed E-state index contributed by atoms with van der Waals surface area (Å²) in [7, 11) is 0. The maximum Gasteiger partial charge on any atom is 0.145 e. The Bertz CT molecular complexity index is 388. The van der Waals surface area contributed by atoms with E-state index in [1.165, 1.54) is 32.1 Å². The zero-order chi connectivity index (χ0) is 14.4. The van der Waals surface area contributed by atoms with Crippen molar-refractivity contribution in [2.45, 2.75) is 65.3 Å². The highest BCUT2D eigenvalue weighted by Gasteiger charge is 2.32. The maximum absolute atomic E-state index is 4.60. The first kappa shape index (κ1) is 15.4. The highest BCUT2D eigenvalue weighted by molar-refractivity contribution is 5.06. The lowest BCUT2D eigenvalue weighted by molar-refractivity contribution is 0.170. The van der Waals surface area contributed by atoms with Gasteiger partial charge in [-0.15, -0.1) is 0 Å². The Morgan fingerprint density at radius 2 is 1.90 bits per heavy atom. The van der Waals surface area contributed by atoms with Crippen LogP contribution in [0.25, 0.3) is 0 Å². The van der Waals surface area contributed by atoms with Crippen molar-refractivity contribution in [3.63, 3.8) is 0 Å². The molecule has 3 unspecified atom stereocenters. The molecule has 3 atom stereocenters. The molecule has 3 heteroatoms. The highest BCUT2D eigenvalue weighted by Crippen LogP contribution is 2.39. The van der Waals surface area contributed by atoms with Gasteiger partial charge in [0, 0.05) is 12.4 Å². The predicted molar refractivity (Wildman–Crippen MR) is 83.5 cm³/mol. The van der Waals surface area contributed by atoms with E-state index < -0.39 is 0 Å². The Hall–Kier alpha value is -0.960. The maximum atomic E-state index is 4.60. The van der Waals surface area contributed by atoms with Crippen LogP contribution >= 0.6 is 0 Å². The molecule has 1 aliphatic carbocycles. The molecule has 0 aromatic carbocycles. The van der Waals surface area contributed by atoms with Crippen LogP contribution in [0, 0.1) is 18.8 Å². The fourth-order valence-electron chi connectivity index (χ4n) is 3.48. The lowest BCUT2D eigenvalue weighted by atomic mass is 9.73. The zero-order valence-electron chi connectivity index (χ0n) is 13.2. The first-order chi connectivity index (χ1) is 9.76. The summed E-state index contributed by atoms with van der Waals surface area (Å²) in [5.74, 6) is 2.51. The smallest absolute Gasteiger partial charge is 0.145 e. The molecule has 1 saturated carbocycles. The van der Waals surface area contributed by atoms with E-state index in [0.717, 1.165) is 30.3 Å². The third kappa shape index (κ3) is 3.78. The summed E-state index contributed by atoms with van der Waals surface area (Å²) >= 11 is 0. The molecular formula is C17H29N3. The molecule has 0 saturated heterocycles. The van der Waals surface area contributed by atoms with Crippen molar-refractivity contribution < 1.29 is 0 Å². The highest BCUT2D eigenvalue weighted by atomic mass is 15.0. The van der Waals surface area contributed by atoms with Crippen LogP contribution < -0.4 is 5.32 Å². The number of aryl methyl sites for hydroxylation is 1. The SMILES string of the molecule is CCCNC(c1ncc(C)cn1)C1CCCCC1CC. The number of nitrogens with zero attached hydrogens (tertiary/aromatic N) is 2. The summed E-state index contributed by atoms with van der Waals surface area (Å²) in [5.41, 5.74) is 1.14.